The van der Waals surface area contributed by atoms with Crippen LogP contribution in [0.5, 0.6) is 5.75 Å². The Kier molecular flexibility index (Phi) is 3.30. The van der Waals surface area contributed by atoms with Crippen LogP contribution in [-0.4, -0.2) is 27.3 Å². The van der Waals surface area contributed by atoms with E-state index in [0.717, 1.165) is 18.5 Å². The van der Waals surface area contributed by atoms with Gasteiger partial charge in [0, 0.05) is 19.2 Å². The summed E-state index contributed by atoms with van der Waals surface area (Å²) in [4.78, 5) is 16.5. The lowest BCUT2D eigenvalue weighted by molar-refractivity contribution is 0.102. The van der Waals surface area contributed by atoms with Gasteiger partial charge in [-0.3, -0.25) is 9.48 Å². The van der Waals surface area contributed by atoms with Gasteiger partial charge in [0.05, 0.1) is 24.1 Å². The van der Waals surface area contributed by atoms with Crippen LogP contribution in [0.15, 0.2) is 47.3 Å². The molecule has 0 unspecified atom stereocenters. The lowest BCUT2D eigenvalue weighted by Crippen LogP contribution is -2.14. The summed E-state index contributed by atoms with van der Waals surface area (Å²) in [5.41, 5.74) is 1.56. The van der Waals surface area contributed by atoms with Crippen LogP contribution < -0.4 is 10.1 Å². The SMILES string of the molecule is O=C1Nc2ccccc2OCCCn2cc(cn2)-c2nc1co2. The van der Waals surface area contributed by atoms with Gasteiger partial charge < -0.3 is 14.5 Å². The monoisotopic (exact) mass is 310 g/mol. The Bertz CT molecular complexity index is 852. The molecule has 0 spiro atoms. The minimum Gasteiger partial charge on any atom is -0.491 e. The van der Waals surface area contributed by atoms with E-state index < -0.39 is 0 Å². The predicted molar refractivity (Wildman–Crippen MR) is 82.2 cm³/mol. The highest BCUT2D eigenvalue weighted by Gasteiger charge is 2.17. The Morgan fingerprint density at radius 3 is 3.13 bits per heavy atom. The van der Waals surface area contributed by atoms with Gasteiger partial charge in [-0.05, 0) is 12.1 Å². The number of carbonyl (C=O) groups excluding carboxylic acids is 1. The third kappa shape index (κ3) is 2.68. The normalized spacial score (nSPS) is 14.3. The van der Waals surface area contributed by atoms with Crippen LogP contribution in [0, 0.1) is 0 Å². The fraction of sp³-hybridized carbons (Fsp3) is 0.188. The summed E-state index contributed by atoms with van der Waals surface area (Å²) in [6.07, 6.45) is 5.64. The van der Waals surface area contributed by atoms with Crippen LogP contribution in [0.25, 0.3) is 11.5 Å². The van der Waals surface area contributed by atoms with Gasteiger partial charge in [-0.15, -0.1) is 0 Å². The summed E-state index contributed by atoms with van der Waals surface area (Å²) in [5, 5.41) is 7.07. The highest BCUT2D eigenvalue weighted by atomic mass is 16.5. The minimum absolute atomic E-state index is 0.208. The number of aryl methyl sites for hydroxylation is 1. The molecule has 7 heteroatoms. The van der Waals surface area contributed by atoms with Gasteiger partial charge in [0.25, 0.3) is 5.91 Å². The number of aromatic nitrogens is 3. The predicted octanol–water partition coefficient (Wildman–Crippen LogP) is 2.57. The fourth-order valence-electron chi connectivity index (χ4n) is 2.40. The zero-order valence-corrected chi connectivity index (χ0v) is 12.2. The number of hydrogen-bond acceptors (Lipinski definition) is 5. The van der Waals surface area contributed by atoms with Crippen molar-refractivity contribution in [3.63, 3.8) is 0 Å². The molecule has 1 amide bonds. The summed E-state index contributed by atoms with van der Waals surface area (Å²) in [6.45, 7) is 1.25. The Labute approximate surface area is 131 Å². The first-order chi connectivity index (χ1) is 11.3. The maximum atomic E-state index is 12.3. The van der Waals surface area contributed by atoms with E-state index in [1.165, 1.54) is 6.26 Å². The van der Waals surface area contributed by atoms with Gasteiger partial charge in [-0.25, -0.2) is 4.98 Å². The summed E-state index contributed by atoms with van der Waals surface area (Å²) in [7, 11) is 0. The summed E-state index contributed by atoms with van der Waals surface area (Å²) in [6, 6.07) is 7.31. The average Bonchev–Trinajstić information content (AvgIpc) is 3.21. The summed E-state index contributed by atoms with van der Waals surface area (Å²) >= 11 is 0. The number of oxazole rings is 1. The van der Waals surface area contributed by atoms with E-state index in [2.05, 4.69) is 15.4 Å². The molecule has 1 aliphatic rings. The smallest absolute Gasteiger partial charge is 0.277 e. The molecule has 2 aromatic heterocycles. The minimum atomic E-state index is -0.347. The van der Waals surface area contributed by atoms with E-state index in [1.807, 2.05) is 24.4 Å². The van der Waals surface area contributed by atoms with Gasteiger partial charge in [-0.2, -0.15) is 5.10 Å². The van der Waals surface area contributed by atoms with Crippen molar-refractivity contribution >= 4 is 11.6 Å². The quantitative estimate of drug-likeness (QED) is 0.690. The number of rotatable bonds is 0. The molecule has 0 radical (unpaired) electrons. The number of hydrogen-bond donors (Lipinski definition) is 1. The van der Waals surface area contributed by atoms with Crippen molar-refractivity contribution < 1.29 is 13.9 Å². The second-order valence-electron chi connectivity index (χ2n) is 5.18. The van der Waals surface area contributed by atoms with Crippen LogP contribution in [0.1, 0.15) is 16.9 Å². The second kappa shape index (κ2) is 5.60. The molecular weight excluding hydrogens is 296 g/mol. The number of anilines is 1. The lowest BCUT2D eigenvalue weighted by Gasteiger charge is -2.12. The number of fused-ring (bicyclic) bond motifs is 6. The summed E-state index contributed by atoms with van der Waals surface area (Å²) in [5.74, 6) is 0.659. The van der Waals surface area contributed by atoms with Gasteiger partial charge >= 0.3 is 0 Å². The van der Waals surface area contributed by atoms with Crippen LogP contribution in [0.2, 0.25) is 0 Å². The first-order valence-corrected chi connectivity index (χ1v) is 7.31. The second-order valence-corrected chi connectivity index (χ2v) is 5.18. The lowest BCUT2D eigenvalue weighted by atomic mass is 10.2. The van der Waals surface area contributed by atoms with Crippen LogP contribution in [0.3, 0.4) is 0 Å². The molecule has 23 heavy (non-hydrogen) atoms. The number of ether oxygens (including phenoxy) is 1. The van der Waals surface area contributed by atoms with E-state index >= 15 is 0 Å². The third-order valence-electron chi connectivity index (χ3n) is 3.54. The van der Waals surface area contributed by atoms with Crippen LogP contribution in [-0.2, 0) is 6.54 Å². The molecule has 0 saturated carbocycles. The summed E-state index contributed by atoms with van der Waals surface area (Å²) < 4.78 is 13.0. The van der Waals surface area contributed by atoms with Gasteiger partial charge in [0.2, 0.25) is 5.89 Å². The topological polar surface area (TPSA) is 82.2 Å². The Balaban J connectivity index is 1.72. The van der Waals surface area contributed by atoms with E-state index in [1.54, 1.807) is 16.9 Å². The highest BCUT2D eigenvalue weighted by Crippen LogP contribution is 2.25. The van der Waals surface area contributed by atoms with E-state index in [9.17, 15) is 4.79 Å². The Hall–Kier alpha value is -3.09. The first kappa shape index (κ1) is 13.6. The van der Waals surface area contributed by atoms with Crippen LogP contribution in [0.4, 0.5) is 5.69 Å². The number of nitrogens with one attached hydrogen (secondary N) is 1. The van der Waals surface area contributed by atoms with Gasteiger partial charge in [0.1, 0.15) is 12.0 Å². The van der Waals surface area contributed by atoms with E-state index in [-0.39, 0.29) is 11.6 Å². The molecule has 1 aliphatic heterocycles. The molecule has 0 saturated heterocycles. The van der Waals surface area contributed by atoms with E-state index in [4.69, 9.17) is 9.15 Å². The largest absolute Gasteiger partial charge is 0.491 e. The maximum Gasteiger partial charge on any atom is 0.277 e. The molecule has 1 N–H and O–H groups in total. The van der Waals surface area contributed by atoms with Crippen molar-refractivity contribution in [3.05, 3.63) is 48.6 Å². The molecule has 1 aromatic carbocycles. The van der Waals surface area contributed by atoms with Crippen molar-refractivity contribution in [2.75, 3.05) is 11.9 Å². The van der Waals surface area contributed by atoms with Gasteiger partial charge in [0.15, 0.2) is 5.69 Å². The molecule has 0 fully saturated rings. The van der Waals surface area contributed by atoms with Gasteiger partial charge in [-0.1, -0.05) is 12.1 Å². The number of amides is 1. The van der Waals surface area contributed by atoms with E-state index in [0.29, 0.717) is 23.9 Å². The average molecular weight is 310 g/mol. The molecule has 0 atom stereocenters. The van der Waals surface area contributed by atoms with Crippen molar-refractivity contribution in [1.82, 2.24) is 14.8 Å². The van der Waals surface area contributed by atoms with Crippen molar-refractivity contribution in [1.29, 1.82) is 0 Å². The fourth-order valence-corrected chi connectivity index (χ4v) is 2.40. The maximum absolute atomic E-state index is 12.3. The molecule has 116 valence electrons. The van der Waals surface area contributed by atoms with Crippen molar-refractivity contribution in [2.24, 2.45) is 0 Å². The number of nitrogens with zero attached hydrogens (tertiary/aromatic N) is 3. The molecule has 4 bridgehead atoms. The molecule has 3 aromatic rings. The highest BCUT2D eigenvalue weighted by molar-refractivity contribution is 6.03. The van der Waals surface area contributed by atoms with Crippen molar-refractivity contribution in [3.8, 4) is 17.2 Å². The molecule has 4 rings (SSSR count). The zero-order valence-electron chi connectivity index (χ0n) is 12.2. The number of carbonyl (C=O) groups is 1. The standard InChI is InChI=1S/C16H14N4O3/c21-15-13-10-23-16(19-13)11-8-17-20(9-11)6-3-7-22-14-5-2-1-4-12(14)18-15/h1-2,4-5,8-10H,3,6-7H2,(H,18,21). The number of para-hydroxylation sites is 2. The molecule has 0 aliphatic carbocycles. The molecule has 3 heterocycles. The Morgan fingerprint density at radius 1 is 1.26 bits per heavy atom. The Morgan fingerprint density at radius 2 is 2.17 bits per heavy atom. The van der Waals surface area contributed by atoms with Crippen molar-refractivity contribution in [2.45, 2.75) is 13.0 Å². The zero-order chi connectivity index (χ0) is 15.6. The molecule has 7 nitrogen and oxygen atoms in total. The van der Waals surface area contributed by atoms with Crippen LogP contribution >= 0.6 is 0 Å². The third-order valence-corrected chi connectivity index (χ3v) is 3.54. The number of benzene rings is 1. The first-order valence-electron chi connectivity index (χ1n) is 7.31. The molecular formula is C16H14N4O3.